The van der Waals surface area contributed by atoms with Crippen LogP contribution in [0.1, 0.15) is 84.0 Å². The Bertz CT molecular complexity index is 721. The van der Waals surface area contributed by atoms with Crippen molar-refractivity contribution in [2.75, 3.05) is 18.9 Å². The van der Waals surface area contributed by atoms with Crippen LogP contribution in [0.15, 0.2) is 0 Å². The van der Waals surface area contributed by atoms with Gasteiger partial charge in [-0.05, 0) is 32.6 Å². The Morgan fingerprint density at radius 1 is 0.919 bits per heavy atom. The molecule has 0 aromatic rings. The summed E-state index contributed by atoms with van der Waals surface area (Å²) in [5.74, 6) is -0.728. The lowest BCUT2D eigenvalue weighted by molar-refractivity contribution is -0.310. The maximum Gasteiger partial charge on any atom is 0.266 e. The van der Waals surface area contributed by atoms with Crippen LogP contribution in [0.4, 0.5) is 0 Å². The SMILES string of the molecule is CC(CCCCCCC(O)CCCCCCC(=O)NCCS(=O)(=O)O)O[C@@H]1O[C@H](CO)[C@@H](O)[C@H](O)[C@H]1O. The van der Waals surface area contributed by atoms with E-state index in [0.717, 1.165) is 57.8 Å². The van der Waals surface area contributed by atoms with Crippen molar-refractivity contribution in [3.05, 3.63) is 0 Å². The Labute approximate surface area is 220 Å². The second-order valence-corrected chi connectivity index (χ2v) is 11.5. The van der Waals surface area contributed by atoms with Gasteiger partial charge in [-0.3, -0.25) is 9.35 Å². The van der Waals surface area contributed by atoms with Gasteiger partial charge in [-0.2, -0.15) is 8.42 Å². The molecule has 0 saturated carbocycles. The Kier molecular flexibility index (Phi) is 17.0. The van der Waals surface area contributed by atoms with Crippen molar-refractivity contribution >= 4 is 16.0 Å². The van der Waals surface area contributed by atoms with Crippen molar-refractivity contribution in [1.82, 2.24) is 5.32 Å². The third kappa shape index (κ3) is 15.3. The Morgan fingerprint density at radius 2 is 1.49 bits per heavy atom. The van der Waals surface area contributed by atoms with Crippen LogP contribution in [0, 0.1) is 0 Å². The highest BCUT2D eigenvalue weighted by molar-refractivity contribution is 7.85. The van der Waals surface area contributed by atoms with Crippen LogP contribution in [0.2, 0.25) is 0 Å². The van der Waals surface area contributed by atoms with Gasteiger partial charge in [0.1, 0.15) is 24.4 Å². The first-order chi connectivity index (χ1) is 17.4. The summed E-state index contributed by atoms with van der Waals surface area (Å²) in [5.41, 5.74) is 0. The number of ether oxygens (including phenoxy) is 2. The van der Waals surface area contributed by atoms with Crippen LogP contribution in [0.25, 0.3) is 0 Å². The van der Waals surface area contributed by atoms with Gasteiger partial charge in [0.05, 0.1) is 24.6 Å². The van der Waals surface area contributed by atoms with Gasteiger partial charge in [0.25, 0.3) is 10.1 Å². The number of carbonyl (C=O) groups is 1. The highest BCUT2D eigenvalue weighted by Crippen LogP contribution is 2.24. The second-order valence-electron chi connectivity index (χ2n) is 9.88. The number of hydrogen-bond donors (Lipinski definition) is 7. The predicted octanol–water partition coefficient (Wildman–Crippen LogP) is 0.238. The largest absolute Gasteiger partial charge is 0.394 e. The molecule has 13 heteroatoms. The number of rotatable bonds is 20. The standard InChI is InChI=1S/C24H47NO11S/c1-17(35-24-23(31)22(30)21(29)19(16-26)36-24)10-6-2-3-7-11-18(27)12-8-4-5-9-13-20(28)25-14-15-37(32,33)34/h17-19,21-24,26-27,29-31H,2-16H2,1H3,(H,25,28)(H,32,33,34)/t17?,18?,19-,21-,22+,23-,24-/m1/s1. The van der Waals surface area contributed by atoms with Crippen LogP contribution in [-0.4, -0.2) is 106 Å². The Hall–Kier alpha value is -0.900. The monoisotopic (exact) mass is 557 g/mol. The van der Waals surface area contributed by atoms with E-state index in [1.165, 1.54) is 0 Å². The minimum absolute atomic E-state index is 0.0984. The molecule has 1 aliphatic rings. The molecule has 0 aliphatic carbocycles. The third-order valence-electron chi connectivity index (χ3n) is 6.49. The zero-order chi connectivity index (χ0) is 27.8. The number of amides is 1. The van der Waals surface area contributed by atoms with Crippen LogP contribution in [0.5, 0.6) is 0 Å². The van der Waals surface area contributed by atoms with E-state index in [9.17, 15) is 38.7 Å². The summed E-state index contributed by atoms with van der Waals surface area (Å²) in [5, 5.41) is 51.5. The van der Waals surface area contributed by atoms with Crippen LogP contribution in [0.3, 0.4) is 0 Å². The first kappa shape index (κ1) is 34.1. The number of hydrogen-bond acceptors (Lipinski definition) is 10. The fourth-order valence-electron chi connectivity index (χ4n) is 4.21. The predicted molar refractivity (Wildman–Crippen MR) is 135 cm³/mol. The summed E-state index contributed by atoms with van der Waals surface area (Å²) < 4.78 is 40.8. The summed E-state index contributed by atoms with van der Waals surface area (Å²) >= 11 is 0. The van der Waals surface area contributed by atoms with E-state index in [1.54, 1.807) is 0 Å². The molecule has 0 radical (unpaired) electrons. The lowest BCUT2D eigenvalue weighted by Gasteiger charge is -2.40. The number of aliphatic hydroxyl groups is 5. The van der Waals surface area contributed by atoms with Crippen molar-refractivity contribution in [2.24, 2.45) is 0 Å². The van der Waals surface area contributed by atoms with E-state index in [0.29, 0.717) is 19.3 Å². The summed E-state index contributed by atoms with van der Waals surface area (Å²) in [6.07, 6.45) is 2.56. The van der Waals surface area contributed by atoms with Gasteiger partial charge in [-0.25, -0.2) is 0 Å². The second kappa shape index (κ2) is 18.4. The molecule has 2 unspecified atom stereocenters. The first-order valence-corrected chi connectivity index (χ1v) is 14.9. The van der Waals surface area contributed by atoms with E-state index in [-0.39, 0.29) is 24.7 Å². The smallest absolute Gasteiger partial charge is 0.266 e. The molecule has 220 valence electrons. The fourth-order valence-corrected chi connectivity index (χ4v) is 4.57. The molecule has 1 rings (SSSR count). The molecule has 1 heterocycles. The third-order valence-corrected chi connectivity index (χ3v) is 7.21. The number of nitrogens with one attached hydrogen (secondary N) is 1. The lowest BCUT2D eigenvalue weighted by Crippen LogP contribution is -2.59. The molecule has 1 amide bonds. The topological polar surface area (TPSA) is 203 Å². The average molecular weight is 558 g/mol. The minimum Gasteiger partial charge on any atom is -0.394 e. The minimum atomic E-state index is -4.06. The van der Waals surface area contributed by atoms with Gasteiger partial charge < -0.3 is 40.3 Å². The quantitative estimate of drug-likeness (QED) is 0.0798. The van der Waals surface area contributed by atoms with Crippen LogP contribution in [-0.2, 0) is 24.4 Å². The van der Waals surface area contributed by atoms with Crippen molar-refractivity contribution < 1.29 is 52.8 Å². The van der Waals surface area contributed by atoms with Gasteiger partial charge >= 0.3 is 0 Å². The van der Waals surface area contributed by atoms with E-state index in [4.69, 9.17) is 14.0 Å². The highest BCUT2D eigenvalue weighted by Gasteiger charge is 2.44. The van der Waals surface area contributed by atoms with E-state index >= 15 is 0 Å². The molecule has 0 bridgehead atoms. The maximum atomic E-state index is 11.6. The molecule has 1 aliphatic heterocycles. The zero-order valence-corrected chi connectivity index (χ0v) is 22.6. The van der Waals surface area contributed by atoms with Crippen molar-refractivity contribution in [3.8, 4) is 0 Å². The molecular formula is C24H47NO11S. The van der Waals surface area contributed by atoms with Gasteiger partial charge in [-0.1, -0.05) is 44.9 Å². The number of aliphatic hydroxyl groups excluding tert-OH is 5. The average Bonchev–Trinajstić information content (AvgIpc) is 2.83. The Morgan fingerprint density at radius 3 is 2.05 bits per heavy atom. The van der Waals surface area contributed by atoms with Gasteiger partial charge in [0.2, 0.25) is 5.91 Å². The van der Waals surface area contributed by atoms with E-state index in [1.807, 2.05) is 6.92 Å². The first-order valence-electron chi connectivity index (χ1n) is 13.3. The highest BCUT2D eigenvalue weighted by atomic mass is 32.2. The van der Waals surface area contributed by atoms with Crippen LogP contribution < -0.4 is 5.32 Å². The molecule has 12 nitrogen and oxygen atoms in total. The summed E-state index contributed by atoms with van der Waals surface area (Å²) in [6, 6.07) is 0. The lowest BCUT2D eigenvalue weighted by atomic mass is 9.99. The van der Waals surface area contributed by atoms with Gasteiger partial charge in [0, 0.05) is 13.0 Å². The summed E-state index contributed by atoms with van der Waals surface area (Å²) in [7, 11) is -4.06. The number of unbranched alkanes of at least 4 members (excludes halogenated alkanes) is 6. The Balaban J connectivity index is 2.00. The summed E-state index contributed by atoms with van der Waals surface area (Å²) in [4.78, 5) is 11.6. The summed E-state index contributed by atoms with van der Waals surface area (Å²) in [6.45, 7) is 1.24. The van der Waals surface area contributed by atoms with Crippen molar-refractivity contribution in [3.63, 3.8) is 0 Å². The molecule has 0 aromatic heterocycles. The fraction of sp³-hybridized carbons (Fsp3) is 0.958. The molecule has 1 fully saturated rings. The van der Waals surface area contributed by atoms with Crippen molar-refractivity contribution in [2.45, 2.75) is 127 Å². The molecule has 0 aromatic carbocycles. The molecule has 0 spiro atoms. The van der Waals surface area contributed by atoms with Gasteiger partial charge in [0.15, 0.2) is 6.29 Å². The molecule has 7 atom stereocenters. The molecule has 37 heavy (non-hydrogen) atoms. The van der Waals surface area contributed by atoms with E-state index in [2.05, 4.69) is 5.32 Å². The zero-order valence-electron chi connectivity index (χ0n) is 21.8. The maximum absolute atomic E-state index is 11.6. The van der Waals surface area contributed by atoms with Crippen molar-refractivity contribution in [1.29, 1.82) is 0 Å². The van der Waals surface area contributed by atoms with E-state index < -0.39 is 53.2 Å². The van der Waals surface area contributed by atoms with Crippen LogP contribution >= 0.6 is 0 Å². The number of carbonyl (C=O) groups excluding carboxylic acids is 1. The normalized spacial score (nSPS) is 26.1. The van der Waals surface area contributed by atoms with Gasteiger partial charge in [-0.15, -0.1) is 0 Å². The molecular weight excluding hydrogens is 510 g/mol. The molecule has 7 N–H and O–H groups in total. The molecule has 1 saturated heterocycles.